The van der Waals surface area contributed by atoms with Gasteiger partial charge in [-0.25, -0.2) is 0 Å². The van der Waals surface area contributed by atoms with E-state index >= 15 is 0 Å². The first-order chi connectivity index (χ1) is 11.6. The number of benzene rings is 1. The Morgan fingerprint density at radius 1 is 1.38 bits per heavy atom. The zero-order valence-electron chi connectivity index (χ0n) is 13.2. The van der Waals surface area contributed by atoms with Gasteiger partial charge < -0.3 is 0 Å². The number of nitrogens with zero attached hydrogens (tertiary/aromatic N) is 6. The Labute approximate surface area is 142 Å². The minimum Gasteiger partial charge on any atom is -0.288 e. The van der Waals surface area contributed by atoms with Crippen LogP contribution in [0.2, 0.25) is 0 Å². The number of anilines is 1. The average Bonchev–Trinajstić information content (AvgIpc) is 3.23. The van der Waals surface area contributed by atoms with Crippen molar-refractivity contribution < 1.29 is 14.0 Å². The number of aromatic nitrogens is 6. The van der Waals surface area contributed by atoms with Crippen molar-refractivity contribution in [3.05, 3.63) is 36.5 Å². The van der Waals surface area contributed by atoms with Crippen molar-refractivity contribution in [3.63, 3.8) is 0 Å². The molecule has 0 aliphatic carbocycles. The number of hydrogen-bond acceptors (Lipinski definition) is 7. The van der Waals surface area contributed by atoms with Gasteiger partial charge in [0, 0.05) is 0 Å². The lowest BCUT2D eigenvalue weighted by atomic mass is 10.3. The lowest BCUT2D eigenvalue weighted by Crippen LogP contribution is -2.36. The number of thioether (sulfide) groups is 1. The molecule has 1 N–H and O–H groups in total. The third-order valence-corrected chi connectivity index (χ3v) is 3.97. The van der Waals surface area contributed by atoms with Crippen LogP contribution in [0.1, 0.15) is 19.9 Å². The zero-order chi connectivity index (χ0) is 16.9. The van der Waals surface area contributed by atoms with Gasteiger partial charge in [-0.2, -0.15) is 4.68 Å². The molecule has 1 aromatic carbocycles. The zero-order valence-corrected chi connectivity index (χ0v) is 14.0. The highest BCUT2D eigenvalue weighted by molar-refractivity contribution is 7.99. The molecule has 3 rings (SSSR count). The Hall–Kier alpha value is -2.75. The second-order valence-corrected chi connectivity index (χ2v) is 6.13. The fourth-order valence-corrected chi connectivity index (χ4v) is 2.55. The maximum absolute atomic E-state index is 12.0. The van der Waals surface area contributed by atoms with E-state index in [4.69, 9.17) is 4.52 Å². The smallest absolute Gasteiger partial charge is 0.288 e. The summed E-state index contributed by atoms with van der Waals surface area (Å²) in [5.74, 6) is 0.224. The molecule has 124 valence electrons. The summed E-state index contributed by atoms with van der Waals surface area (Å²) in [6.07, 6.45) is 1.64. The molecule has 0 saturated carbocycles. The van der Waals surface area contributed by atoms with Gasteiger partial charge in [0.15, 0.2) is 6.04 Å². The Morgan fingerprint density at radius 3 is 2.88 bits per heavy atom. The second-order valence-electron chi connectivity index (χ2n) is 5.19. The largest absolute Gasteiger partial charge is 0.302 e. The number of para-hydroxylation sites is 1. The summed E-state index contributed by atoms with van der Waals surface area (Å²) in [4.78, 5) is 12.0. The number of rotatable bonds is 6. The lowest BCUT2D eigenvalue weighted by Gasteiger charge is -2.03. The molecule has 0 bridgehead atoms. The first kappa shape index (κ1) is 16.1. The first-order valence-electron chi connectivity index (χ1n) is 7.28. The van der Waals surface area contributed by atoms with Gasteiger partial charge >= 0.3 is 5.88 Å². The highest BCUT2D eigenvalue weighted by atomic mass is 32.2. The molecule has 0 saturated heterocycles. The van der Waals surface area contributed by atoms with Crippen LogP contribution in [0.5, 0.6) is 0 Å². The fourth-order valence-electron chi connectivity index (χ4n) is 1.86. The Bertz CT molecular complexity index is 815. The van der Waals surface area contributed by atoms with E-state index in [1.54, 1.807) is 15.6 Å². The minimum absolute atomic E-state index is 0.148. The molecule has 0 aliphatic heterocycles. The van der Waals surface area contributed by atoms with Gasteiger partial charge in [-0.3, -0.25) is 14.6 Å². The van der Waals surface area contributed by atoms with Gasteiger partial charge in [-0.1, -0.05) is 30.0 Å². The van der Waals surface area contributed by atoms with Crippen molar-refractivity contribution in [1.29, 1.82) is 0 Å². The van der Waals surface area contributed by atoms with E-state index in [2.05, 4.69) is 26.1 Å². The van der Waals surface area contributed by atoms with Crippen LogP contribution in [0.25, 0.3) is 5.69 Å². The van der Waals surface area contributed by atoms with E-state index in [1.807, 2.05) is 44.2 Å². The molecular weight excluding hydrogens is 330 g/mol. The highest BCUT2D eigenvalue weighted by Gasteiger charge is 2.17. The molecule has 10 heteroatoms. The Kier molecular flexibility index (Phi) is 4.85. The normalized spacial score (nSPS) is 11.0. The maximum atomic E-state index is 12.0. The van der Waals surface area contributed by atoms with Crippen LogP contribution < -0.4 is 10.00 Å². The van der Waals surface area contributed by atoms with E-state index < -0.39 is 0 Å². The van der Waals surface area contributed by atoms with Crippen LogP contribution in [0.4, 0.5) is 5.88 Å². The molecule has 0 spiro atoms. The molecule has 2 heterocycles. The molecule has 9 nitrogen and oxygen atoms in total. The fraction of sp³-hybridized carbons (Fsp3) is 0.286. The Balaban J connectivity index is 1.60. The summed E-state index contributed by atoms with van der Waals surface area (Å²) in [6, 6.07) is 9.64. The minimum atomic E-state index is -0.227. The molecule has 0 fully saturated rings. The van der Waals surface area contributed by atoms with Gasteiger partial charge in [0.2, 0.25) is 16.3 Å². The molecule has 0 atom stereocenters. The highest BCUT2D eigenvalue weighted by Crippen LogP contribution is 2.18. The topological polar surface area (TPSA) is 103 Å². The quantitative estimate of drug-likeness (QED) is 0.529. The number of hydrogen-bond donors (Lipinski definition) is 1. The summed E-state index contributed by atoms with van der Waals surface area (Å²) >= 11 is 1.23. The number of carbonyl (C=O) groups is 1. The maximum Gasteiger partial charge on any atom is 0.302 e. The first-order valence-corrected chi connectivity index (χ1v) is 8.26. The standard InChI is InChI=1S/C14H15N7O2S/c1-10(2)20-8-13(23-19-20)15-12(22)9-24-14-16-17-18-21(14)11-6-4-3-5-7-11/h3-8,10H,9H2,1-2H3/p+1. The van der Waals surface area contributed by atoms with Crippen molar-refractivity contribution in [1.82, 2.24) is 25.5 Å². The molecule has 2 aromatic heterocycles. The van der Waals surface area contributed by atoms with Crippen molar-refractivity contribution in [2.24, 2.45) is 0 Å². The molecule has 0 unspecified atom stereocenters. The van der Waals surface area contributed by atoms with E-state index in [9.17, 15) is 4.79 Å². The molecular formula is C14H16N7O2S+. The summed E-state index contributed by atoms with van der Waals surface area (Å²) < 4.78 is 8.26. The summed E-state index contributed by atoms with van der Waals surface area (Å²) in [5.41, 5.74) is 0.832. The second kappa shape index (κ2) is 7.21. The monoisotopic (exact) mass is 346 g/mol. The summed E-state index contributed by atoms with van der Waals surface area (Å²) in [6.45, 7) is 3.93. The third-order valence-electron chi connectivity index (χ3n) is 3.05. The van der Waals surface area contributed by atoms with Gasteiger partial charge in [0.25, 0.3) is 6.20 Å². The van der Waals surface area contributed by atoms with E-state index in [-0.39, 0.29) is 17.7 Å². The van der Waals surface area contributed by atoms with Crippen LogP contribution in [-0.4, -0.2) is 37.1 Å². The van der Waals surface area contributed by atoms with E-state index in [1.165, 1.54) is 11.8 Å². The van der Waals surface area contributed by atoms with Crippen molar-refractivity contribution in [3.8, 4) is 5.69 Å². The number of nitrogens with one attached hydrogen (secondary N) is 1. The van der Waals surface area contributed by atoms with Crippen LogP contribution in [0.3, 0.4) is 0 Å². The van der Waals surface area contributed by atoms with Gasteiger partial charge in [-0.05, 0) is 41.1 Å². The molecule has 3 aromatic rings. The van der Waals surface area contributed by atoms with Crippen LogP contribution in [0, 0.1) is 0 Å². The van der Waals surface area contributed by atoms with Crippen molar-refractivity contribution in [2.45, 2.75) is 25.0 Å². The molecule has 0 aliphatic rings. The Morgan fingerprint density at radius 2 is 2.17 bits per heavy atom. The number of carbonyl (C=O) groups excluding carboxylic acids is 1. The third kappa shape index (κ3) is 3.77. The predicted molar refractivity (Wildman–Crippen MR) is 85.6 cm³/mol. The summed E-state index contributed by atoms with van der Waals surface area (Å²) in [7, 11) is 0. The van der Waals surface area contributed by atoms with Gasteiger partial charge in [0.05, 0.1) is 11.4 Å². The average molecular weight is 346 g/mol. The van der Waals surface area contributed by atoms with Crippen molar-refractivity contribution >= 4 is 23.6 Å². The predicted octanol–water partition coefficient (Wildman–Crippen LogP) is 1.25. The summed E-state index contributed by atoms with van der Waals surface area (Å²) in [5, 5.41) is 18.5. The van der Waals surface area contributed by atoms with Gasteiger partial charge in [0.1, 0.15) is 0 Å². The number of amides is 1. The van der Waals surface area contributed by atoms with E-state index in [0.717, 1.165) is 5.69 Å². The van der Waals surface area contributed by atoms with Crippen molar-refractivity contribution in [2.75, 3.05) is 11.1 Å². The van der Waals surface area contributed by atoms with Crippen LogP contribution in [0.15, 0.2) is 46.2 Å². The molecule has 0 radical (unpaired) electrons. The van der Waals surface area contributed by atoms with Crippen LogP contribution >= 0.6 is 11.8 Å². The van der Waals surface area contributed by atoms with Gasteiger partial charge in [-0.15, -0.1) is 5.10 Å². The molecule has 24 heavy (non-hydrogen) atoms. The number of tetrazole rings is 1. The van der Waals surface area contributed by atoms with E-state index in [0.29, 0.717) is 11.0 Å². The SMILES string of the molecule is CC(C)[n+]1cc(NC(=O)CSc2nnnn2-c2ccccc2)on1. The lowest BCUT2D eigenvalue weighted by molar-refractivity contribution is -0.779. The van der Waals surface area contributed by atoms with Crippen LogP contribution in [-0.2, 0) is 4.79 Å². The molecule has 1 amide bonds.